The van der Waals surface area contributed by atoms with Crippen LogP contribution in [0.2, 0.25) is 0 Å². The van der Waals surface area contributed by atoms with E-state index >= 15 is 0 Å². The van der Waals surface area contributed by atoms with Gasteiger partial charge in [-0.05, 0) is 39.5 Å². The van der Waals surface area contributed by atoms with Crippen molar-refractivity contribution in [3.8, 4) is 0 Å². The van der Waals surface area contributed by atoms with E-state index in [1.165, 1.54) is 0 Å². The third kappa shape index (κ3) is 6.78. The standard InChI is InChI=1S/C15H26N2O5/c1-15(2,3)22-14(21)17-12(10-7-5-4-6-8-10)13(20)16-9-11(18)19/h10,12H,4-9H2,1-3H3,(H,16,20)(H,17,21)(H,18,19)/t12-/m1/s1. The van der Waals surface area contributed by atoms with Crippen LogP contribution in [0.3, 0.4) is 0 Å². The van der Waals surface area contributed by atoms with Crippen molar-refractivity contribution in [1.82, 2.24) is 10.6 Å². The van der Waals surface area contributed by atoms with Crippen LogP contribution in [0.25, 0.3) is 0 Å². The zero-order chi connectivity index (χ0) is 16.8. The molecule has 0 radical (unpaired) electrons. The lowest BCUT2D eigenvalue weighted by atomic mass is 9.83. The van der Waals surface area contributed by atoms with Crippen LogP contribution in [0.15, 0.2) is 0 Å². The van der Waals surface area contributed by atoms with E-state index < -0.39 is 36.2 Å². The van der Waals surface area contributed by atoms with Crippen LogP contribution >= 0.6 is 0 Å². The molecule has 1 aliphatic carbocycles. The van der Waals surface area contributed by atoms with Crippen LogP contribution in [0.4, 0.5) is 4.79 Å². The summed E-state index contributed by atoms with van der Waals surface area (Å²) >= 11 is 0. The smallest absolute Gasteiger partial charge is 0.408 e. The summed E-state index contributed by atoms with van der Waals surface area (Å²) in [6.07, 6.45) is 4.13. The van der Waals surface area contributed by atoms with Crippen molar-refractivity contribution in [3.63, 3.8) is 0 Å². The number of nitrogens with one attached hydrogen (secondary N) is 2. The molecule has 0 spiro atoms. The van der Waals surface area contributed by atoms with Gasteiger partial charge in [0.1, 0.15) is 18.2 Å². The predicted octanol–water partition coefficient (Wildman–Crippen LogP) is 1.66. The summed E-state index contributed by atoms with van der Waals surface area (Å²) in [6.45, 7) is 4.77. The van der Waals surface area contributed by atoms with E-state index in [4.69, 9.17) is 9.84 Å². The minimum Gasteiger partial charge on any atom is -0.480 e. The van der Waals surface area contributed by atoms with Crippen LogP contribution in [0, 0.1) is 5.92 Å². The zero-order valence-corrected chi connectivity index (χ0v) is 13.5. The molecule has 22 heavy (non-hydrogen) atoms. The monoisotopic (exact) mass is 314 g/mol. The molecule has 2 amide bonds. The largest absolute Gasteiger partial charge is 0.480 e. The van der Waals surface area contributed by atoms with Gasteiger partial charge >= 0.3 is 12.1 Å². The molecule has 0 aromatic carbocycles. The number of carboxylic acid groups (broad SMARTS) is 1. The molecule has 1 saturated carbocycles. The first kappa shape index (κ1) is 18.3. The second-order valence-corrected chi connectivity index (χ2v) is 6.63. The number of alkyl carbamates (subject to hydrolysis) is 1. The Bertz CT molecular complexity index is 411. The summed E-state index contributed by atoms with van der Waals surface area (Å²) in [5.41, 5.74) is -0.654. The highest BCUT2D eigenvalue weighted by atomic mass is 16.6. The topological polar surface area (TPSA) is 105 Å². The lowest BCUT2D eigenvalue weighted by Gasteiger charge is -2.30. The van der Waals surface area contributed by atoms with Gasteiger partial charge in [0.2, 0.25) is 5.91 Å². The van der Waals surface area contributed by atoms with Crippen molar-refractivity contribution >= 4 is 18.0 Å². The van der Waals surface area contributed by atoms with Gasteiger partial charge in [-0.2, -0.15) is 0 Å². The molecule has 0 unspecified atom stereocenters. The molecule has 1 aliphatic rings. The van der Waals surface area contributed by atoms with Gasteiger partial charge in [0.25, 0.3) is 0 Å². The molecular formula is C15H26N2O5. The number of aliphatic carboxylic acids is 1. The fourth-order valence-electron chi connectivity index (χ4n) is 2.57. The molecule has 0 bridgehead atoms. The Kier molecular flexibility index (Phi) is 6.64. The van der Waals surface area contributed by atoms with E-state index in [0.29, 0.717) is 0 Å². The number of carbonyl (C=O) groups excluding carboxylic acids is 2. The van der Waals surface area contributed by atoms with Gasteiger partial charge in [0.15, 0.2) is 0 Å². The van der Waals surface area contributed by atoms with Crippen LogP contribution in [-0.2, 0) is 14.3 Å². The van der Waals surface area contributed by atoms with Crippen molar-refractivity contribution in [3.05, 3.63) is 0 Å². The summed E-state index contributed by atoms with van der Waals surface area (Å²) in [7, 11) is 0. The Labute approximate surface area is 130 Å². The van der Waals surface area contributed by atoms with Crippen molar-refractivity contribution in [2.45, 2.75) is 64.5 Å². The summed E-state index contributed by atoms with van der Waals surface area (Å²) in [6, 6.07) is -0.755. The molecule has 1 fully saturated rings. The van der Waals surface area contributed by atoms with E-state index in [1.807, 2.05) is 0 Å². The van der Waals surface area contributed by atoms with Crippen LogP contribution in [-0.4, -0.2) is 41.3 Å². The molecule has 7 nitrogen and oxygen atoms in total. The van der Waals surface area contributed by atoms with E-state index in [1.54, 1.807) is 20.8 Å². The molecule has 1 rings (SSSR count). The first-order chi connectivity index (χ1) is 10.2. The van der Waals surface area contributed by atoms with Crippen molar-refractivity contribution < 1.29 is 24.2 Å². The van der Waals surface area contributed by atoms with Gasteiger partial charge in [0.05, 0.1) is 0 Å². The second kappa shape index (κ2) is 8.00. The maximum atomic E-state index is 12.2. The fraction of sp³-hybridized carbons (Fsp3) is 0.800. The summed E-state index contributed by atoms with van der Waals surface area (Å²) in [4.78, 5) is 34.7. The quantitative estimate of drug-likeness (QED) is 0.716. The number of hydrogen-bond acceptors (Lipinski definition) is 4. The average molecular weight is 314 g/mol. The van der Waals surface area contributed by atoms with Crippen molar-refractivity contribution in [2.75, 3.05) is 6.54 Å². The highest BCUT2D eigenvalue weighted by Crippen LogP contribution is 2.27. The lowest BCUT2D eigenvalue weighted by Crippen LogP contribution is -2.53. The molecule has 3 N–H and O–H groups in total. The lowest BCUT2D eigenvalue weighted by molar-refractivity contribution is -0.138. The van der Waals surface area contributed by atoms with Gasteiger partial charge < -0.3 is 20.5 Å². The van der Waals surface area contributed by atoms with Gasteiger partial charge in [-0.25, -0.2) is 4.79 Å². The summed E-state index contributed by atoms with van der Waals surface area (Å²) in [5, 5.41) is 13.6. The van der Waals surface area contributed by atoms with Crippen LogP contribution < -0.4 is 10.6 Å². The highest BCUT2D eigenvalue weighted by Gasteiger charge is 2.32. The Morgan fingerprint density at radius 3 is 2.27 bits per heavy atom. The molecule has 0 heterocycles. The number of rotatable bonds is 5. The minimum absolute atomic E-state index is 0.00932. The maximum absolute atomic E-state index is 12.2. The molecule has 7 heteroatoms. The maximum Gasteiger partial charge on any atom is 0.408 e. The van der Waals surface area contributed by atoms with Gasteiger partial charge in [-0.15, -0.1) is 0 Å². The number of hydrogen-bond donors (Lipinski definition) is 3. The van der Waals surface area contributed by atoms with Crippen LogP contribution in [0.5, 0.6) is 0 Å². The third-order valence-corrected chi connectivity index (χ3v) is 3.49. The molecule has 0 aliphatic heterocycles. The van der Waals surface area contributed by atoms with E-state index in [0.717, 1.165) is 32.1 Å². The molecule has 0 aromatic heterocycles. The number of carbonyl (C=O) groups is 3. The Morgan fingerprint density at radius 1 is 1.18 bits per heavy atom. The van der Waals surface area contributed by atoms with Crippen molar-refractivity contribution in [2.24, 2.45) is 5.92 Å². The molecular weight excluding hydrogens is 288 g/mol. The summed E-state index contributed by atoms with van der Waals surface area (Å²) < 4.78 is 5.19. The molecule has 0 aromatic rings. The first-order valence-electron chi connectivity index (χ1n) is 7.68. The van der Waals surface area contributed by atoms with Crippen molar-refractivity contribution in [1.29, 1.82) is 0 Å². The Balaban J connectivity index is 2.70. The molecule has 126 valence electrons. The highest BCUT2D eigenvalue weighted by molar-refractivity contribution is 5.88. The number of carboxylic acids is 1. The van der Waals surface area contributed by atoms with Gasteiger partial charge in [-0.3, -0.25) is 9.59 Å². The SMILES string of the molecule is CC(C)(C)OC(=O)N[C@@H](C(=O)NCC(=O)O)C1CCCCC1. The number of amides is 2. The third-order valence-electron chi connectivity index (χ3n) is 3.49. The fourth-order valence-corrected chi connectivity index (χ4v) is 2.57. The Morgan fingerprint density at radius 2 is 1.77 bits per heavy atom. The zero-order valence-electron chi connectivity index (χ0n) is 13.5. The predicted molar refractivity (Wildman–Crippen MR) is 80.4 cm³/mol. The van der Waals surface area contributed by atoms with Gasteiger partial charge in [-0.1, -0.05) is 19.3 Å². The minimum atomic E-state index is -1.12. The number of ether oxygens (including phenoxy) is 1. The van der Waals surface area contributed by atoms with E-state index in [2.05, 4.69) is 10.6 Å². The first-order valence-corrected chi connectivity index (χ1v) is 7.68. The second-order valence-electron chi connectivity index (χ2n) is 6.63. The Hall–Kier alpha value is -1.79. The molecule has 1 atom stereocenters. The summed E-state index contributed by atoms with van der Waals surface area (Å²) in [5.74, 6) is -1.58. The molecule has 0 saturated heterocycles. The average Bonchev–Trinajstić information content (AvgIpc) is 2.41. The van der Waals surface area contributed by atoms with Crippen LogP contribution in [0.1, 0.15) is 52.9 Å². The van der Waals surface area contributed by atoms with E-state index in [-0.39, 0.29) is 5.92 Å². The van der Waals surface area contributed by atoms with E-state index in [9.17, 15) is 14.4 Å². The normalized spacial score (nSPS) is 17.4. The van der Waals surface area contributed by atoms with Gasteiger partial charge in [0, 0.05) is 0 Å².